The van der Waals surface area contributed by atoms with Crippen LogP contribution in [-0.2, 0) is 9.59 Å². The molecule has 124 valence electrons. The Morgan fingerprint density at radius 1 is 1.00 bits per heavy atom. The fourth-order valence-electron chi connectivity index (χ4n) is 1.50. The molecular formula is C15H23NO6. The average Bonchev–Trinajstić information content (AvgIpc) is 2.52. The minimum atomic E-state index is -1.82. The summed E-state index contributed by atoms with van der Waals surface area (Å²) < 4.78 is 10.7. The number of rotatable bonds is 7. The van der Waals surface area contributed by atoms with Crippen LogP contribution < -0.4 is 9.47 Å². The molecule has 0 aliphatic heterocycles. The Morgan fingerprint density at radius 2 is 1.45 bits per heavy atom. The third kappa shape index (κ3) is 8.80. The van der Waals surface area contributed by atoms with Crippen molar-refractivity contribution in [2.24, 2.45) is 0 Å². The average molecular weight is 313 g/mol. The monoisotopic (exact) mass is 313 g/mol. The predicted octanol–water partition coefficient (Wildman–Crippen LogP) is 1.57. The Balaban J connectivity index is 0.000000626. The highest BCUT2D eigenvalue weighted by Gasteiger charge is 2.04. The number of ether oxygens (including phenoxy) is 2. The molecule has 0 heterocycles. The zero-order valence-electron chi connectivity index (χ0n) is 13.1. The van der Waals surface area contributed by atoms with Gasteiger partial charge >= 0.3 is 11.9 Å². The number of carboxylic acid groups (broad SMARTS) is 2. The van der Waals surface area contributed by atoms with Gasteiger partial charge in [0.15, 0.2) is 0 Å². The van der Waals surface area contributed by atoms with Crippen LogP contribution in [0.4, 0.5) is 0 Å². The third-order valence-corrected chi connectivity index (χ3v) is 2.81. The van der Waals surface area contributed by atoms with Gasteiger partial charge in [0, 0.05) is 6.54 Å². The molecule has 0 unspecified atom stereocenters. The SMILES string of the molecule is CCN(CC)CCOc1ccc(OC)cc1.O=C(O)C(=O)O. The number of carbonyl (C=O) groups is 2. The van der Waals surface area contributed by atoms with Gasteiger partial charge in [-0.15, -0.1) is 0 Å². The second-order valence-corrected chi connectivity index (χ2v) is 4.16. The van der Waals surface area contributed by atoms with Crippen molar-refractivity contribution in [3.8, 4) is 11.5 Å². The van der Waals surface area contributed by atoms with Crippen LogP contribution >= 0.6 is 0 Å². The Hall–Kier alpha value is -2.28. The molecular weight excluding hydrogens is 290 g/mol. The number of hydrogen-bond acceptors (Lipinski definition) is 5. The molecule has 0 radical (unpaired) electrons. The van der Waals surface area contributed by atoms with Crippen molar-refractivity contribution in [2.45, 2.75) is 13.8 Å². The summed E-state index contributed by atoms with van der Waals surface area (Å²) in [6.45, 7) is 8.17. The van der Waals surface area contributed by atoms with Gasteiger partial charge in [-0.25, -0.2) is 9.59 Å². The van der Waals surface area contributed by atoms with E-state index >= 15 is 0 Å². The van der Waals surface area contributed by atoms with Crippen molar-refractivity contribution in [3.63, 3.8) is 0 Å². The summed E-state index contributed by atoms with van der Waals surface area (Å²) >= 11 is 0. The van der Waals surface area contributed by atoms with Gasteiger partial charge in [0.2, 0.25) is 0 Å². The highest BCUT2D eigenvalue weighted by Crippen LogP contribution is 2.16. The summed E-state index contributed by atoms with van der Waals surface area (Å²) in [6, 6.07) is 7.68. The number of aliphatic carboxylic acids is 2. The van der Waals surface area contributed by atoms with Crippen molar-refractivity contribution in [3.05, 3.63) is 24.3 Å². The predicted molar refractivity (Wildman–Crippen MR) is 81.5 cm³/mol. The fourth-order valence-corrected chi connectivity index (χ4v) is 1.50. The zero-order valence-corrected chi connectivity index (χ0v) is 13.1. The van der Waals surface area contributed by atoms with Crippen LogP contribution in [-0.4, -0.2) is 60.4 Å². The van der Waals surface area contributed by atoms with Crippen LogP contribution in [0.3, 0.4) is 0 Å². The molecule has 0 amide bonds. The molecule has 7 heteroatoms. The summed E-state index contributed by atoms with van der Waals surface area (Å²) in [5.41, 5.74) is 0. The van der Waals surface area contributed by atoms with Gasteiger partial charge < -0.3 is 24.6 Å². The number of nitrogens with zero attached hydrogens (tertiary/aromatic N) is 1. The van der Waals surface area contributed by atoms with E-state index in [1.807, 2.05) is 24.3 Å². The minimum Gasteiger partial charge on any atom is -0.497 e. The van der Waals surface area contributed by atoms with E-state index in [9.17, 15) is 0 Å². The zero-order chi connectivity index (χ0) is 17.0. The first-order valence-corrected chi connectivity index (χ1v) is 6.89. The summed E-state index contributed by atoms with van der Waals surface area (Å²) in [7, 11) is 1.66. The molecule has 0 bridgehead atoms. The molecule has 0 aliphatic carbocycles. The van der Waals surface area contributed by atoms with Crippen molar-refractivity contribution < 1.29 is 29.3 Å². The molecule has 22 heavy (non-hydrogen) atoms. The first kappa shape index (κ1) is 19.7. The Kier molecular flexibility index (Phi) is 10.2. The highest BCUT2D eigenvalue weighted by molar-refractivity contribution is 6.27. The molecule has 1 rings (SSSR count). The first-order chi connectivity index (χ1) is 10.4. The van der Waals surface area contributed by atoms with Crippen molar-refractivity contribution in [1.29, 1.82) is 0 Å². The number of methoxy groups -OCH3 is 1. The van der Waals surface area contributed by atoms with Gasteiger partial charge in [-0.2, -0.15) is 0 Å². The minimum absolute atomic E-state index is 0.730. The highest BCUT2D eigenvalue weighted by atomic mass is 16.5. The lowest BCUT2D eigenvalue weighted by molar-refractivity contribution is -0.159. The van der Waals surface area contributed by atoms with Gasteiger partial charge in [-0.3, -0.25) is 0 Å². The number of hydrogen-bond donors (Lipinski definition) is 2. The number of carboxylic acids is 2. The second-order valence-electron chi connectivity index (χ2n) is 4.16. The molecule has 0 saturated carbocycles. The Morgan fingerprint density at radius 3 is 1.82 bits per heavy atom. The molecule has 0 spiro atoms. The van der Waals surface area contributed by atoms with Crippen molar-refractivity contribution in [2.75, 3.05) is 33.4 Å². The van der Waals surface area contributed by atoms with Crippen LogP contribution in [0.2, 0.25) is 0 Å². The molecule has 1 aromatic carbocycles. The van der Waals surface area contributed by atoms with Crippen molar-refractivity contribution in [1.82, 2.24) is 4.90 Å². The van der Waals surface area contributed by atoms with E-state index in [2.05, 4.69) is 18.7 Å². The van der Waals surface area contributed by atoms with E-state index in [0.29, 0.717) is 0 Å². The maximum absolute atomic E-state index is 9.10. The van der Waals surface area contributed by atoms with Crippen LogP contribution in [0.5, 0.6) is 11.5 Å². The van der Waals surface area contributed by atoms with Crippen LogP contribution in [0, 0.1) is 0 Å². The Bertz CT molecular complexity index is 430. The first-order valence-electron chi connectivity index (χ1n) is 6.89. The largest absolute Gasteiger partial charge is 0.497 e. The van der Waals surface area contributed by atoms with Gasteiger partial charge in [0.1, 0.15) is 18.1 Å². The smallest absolute Gasteiger partial charge is 0.414 e. The second kappa shape index (κ2) is 11.4. The van der Waals surface area contributed by atoms with E-state index in [0.717, 1.165) is 37.7 Å². The van der Waals surface area contributed by atoms with Crippen LogP contribution in [0.15, 0.2) is 24.3 Å². The summed E-state index contributed by atoms with van der Waals surface area (Å²) in [5.74, 6) is -1.89. The normalized spacial score (nSPS) is 9.64. The molecule has 0 fully saturated rings. The molecule has 7 nitrogen and oxygen atoms in total. The molecule has 0 atom stereocenters. The quantitative estimate of drug-likeness (QED) is 0.738. The molecule has 1 aromatic rings. The standard InChI is InChI=1S/C13H21NO2.C2H2O4/c1-4-14(5-2)10-11-16-13-8-6-12(15-3)7-9-13;3-1(4)2(5)6/h6-9H,4-5,10-11H2,1-3H3;(H,3,4)(H,5,6). The summed E-state index contributed by atoms with van der Waals surface area (Å²) in [5, 5.41) is 14.8. The molecule has 0 aromatic heterocycles. The van der Waals surface area contributed by atoms with E-state index in [-0.39, 0.29) is 0 Å². The maximum Gasteiger partial charge on any atom is 0.414 e. The molecule has 0 aliphatic rings. The lowest BCUT2D eigenvalue weighted by Gasteiger charge is -2.17. The summed E-state index contributed by atoms with van der Waals surface area (Å²) in [6.07, 6.45) is 0. The molecule has 0 saturated heterocycles. The van der Waals surface area contributed by atoms with E-state index in [1.165, 1.54) is 0 Å². The van der Waals surface area contributed by atoms with Gasteiger partial charge in [-0.05, 0) is 37.4 Å². The topological polar surface area (TPSA) is 96.3 Å². The molecule has 2 N–H and O–H groups in total. The van der Waals surface area contributed by atoms with Gasteiger partial charge in [0.05, 0.1) is 7.11 Å². The van der Waals surface area contributed by atoms with Crippen LogP contribution in [0.25, 0.3) is 0 Å². The van der Waals surface area contributed by atoms with Crippen LogP contribution in [0.1, 0.15) is 13.8 Å². The van der Waals surface area contributed by atoms with Crippen molar-refractivity contribution >= 4 is 11.9 Å². The van der Waals surface area contributed by atoms with Gasteiger partial charge in [0.25, 0.3) is 0 Å². The number of benzene rings is 1. The van der Waals surface area contributed by atoms with E-state index in [1.54, 1.807) is 7.11 Å². The lowest BCUT2D eigenvalue weighted by atomic mass is 10.3. The Labute approximate surface area is 130 Å². The third-order valence-electron chi connectivity index (χ3n) is 2.81. The fraction of sp³-hybridized carbons (Fsp3) is 0.467. The number of likely N-dealkylation sites (N-methyl/N-ethyl adjacent to an activating group) is 1. The van der Waals surface area contributed by atoms with Gasteiger partial charge in [-0.1, -0.05) is 13.8 Å². The lowest BCUT2D eigenvalue weighted by Crippen LogP contribution is -2.27. The van der Waals surface area contributed by atoms with E-state index < -0.39 is 11.9 Å². The van der Waals surface area contributed by atoms with E-state index in [4.69, 9.17) is 29.3 Å². The maximum atomic E-state index is 9.10. The summed E-state index contributed by atoms with van der Waals surface area (Å²) in [4.78, 5) is 20.5.